The van der Waals surface area contributed by atoms with E-state index >= 15 is 0 Å². The number of benzene rings is 2. The maximum Gasteiger partial charge on any atom is 0.175 e. The van der Waals surface area contributed by atoms with E-state index < -0.39 is 19.7 Å². The van der Waals surface area contributed by atoms with Gasteiger partial charge in [0.25, 0.3) is 0 Å². The Bertz CT molecular complexity index is 1100. The Morgan fingerprint density at radius 2 is 1.30 bits per heavy atom. The minimum absolute atomic E-state index is 0.146. The number of likely N-dealkylation sites (N-methyl/N-ethyl adjacent to an activating group) is 1. The zero-order chi connectivity index (χ0) is 26.9. The molecular weight excluding hydrogens is 516 g/mol. The molecule has 1 aliphatic heterocycles. The molecule has 0 spiro atoms. The van der Waals surface area contributed by atoms with Gasteiger partial charge in [-0.1, -0.05) is 0 Å². The van der Waals surface area contributed by atoms with Crippen molar-refractivity contribution in [2.24, 2.45) is 0 Å². The molecule has 9 nitrogen and oxygen atoms in total. The van der Waals surface area contributed by atoms with Gasteiger partial charge in [0.2, 0.25) is 0 Å². The van der Waals surface area contributed by atoms with Crippen molar-refractivity contribution in [1.29, 1.82) is 0 Å². The third-order valence-electron chi connectivity index (χ3n) is 6.08. The number of nitrogens with zero attached hydrogens (tertiary/aromatic N) is 2. The zero-order valence-corrected chi connectivity index (χ0v) is 23.5. The Balaban J connectivity index is 1.46. The second-order valence-electron chi connectivity index (χ2n) is 9.45. The van der Waals surface area contributed by atoms with Crippen molar-refractivity contribution in [2.75, 3.05) is 72.1 Å². The van der Waals surface area contributed by atoms with Gasteiger partial charge in [0.15, 0.2) is 19.7 Å². The molecule has 11 heteroatoms. The van der Waals surface area contributed by atoms with Crippen LogP contribution in [0.5, 0.6) is 11.5 Å². The Morgan fingerprint density at radius 1 is 0.838 bits per heavy atom. The van der Waals surface area contributed by atoms with Gasteiger partial charge in [-0.2, -0.15) is 0 Å². The number of hydrogen-bond acceptors (Lipinski definition) is 9. The van der Waals surface area contributed by atoms with Gasteiger partial charge >= 0.3 is 0 Å². The van der Waals surface area contributed by atoms with E-state index in [1.165, 1.54) is 12.5 Å². The molecule has 1 fully saturated rings. The molecule has 0 unspecified atom stereocenters. The maximum atomic E-state index is 11.6. The van der Waals surface area contributed by atoms with Gasteiger partial charge in [-0.15, -0.1) is 0 Å². The smallest absolute Gasteiger partial charge is 0.175 e. The highest BCUT2D eigenvalue weighted by Gasteiger charge is 2.20. The van der Waals surface area contributed by atoms with Gasteiger partial charge in [0, 0.05) is 45.2 Å². The molecule has 3 rings (SSSR count). The minimum Gasteiger partial charge on any atom is -0.494 e. The van der Waals surface area contributed by atoms with Crippen molar-refractivity contribution in [3.8, 4) is 11.5 Å². The van der Waals surface area contributed by atoms with Crippen LogP contribution >= 0.6 is 0 Å². The highest BCUT2D eigenvalue weighted by molar-refractivity contribution is 7.91. The molecule has 0 N–H and O–H groups in total. The average Bonchev–Trinajstić information content (AvgIpc) is 2.84. The first-order valence-corrected chi connectivity index (χ1v) is 16.2. The molecule has 0 aliphatic carbocycles. The van der Waals surface area contributed by atoms with Crippen LogP contribution in [0.2, 0.25) is 0 Å². The average molecular weight is 555 g/mol. The lowest BCUT2D eigenvalue weighted by Crippen LogP contribution is -2.46. The van der Waals surface area contributed by atoms with Crippen molar-refractivity contribution in [3.05, 3.63) is 48.5 Å². The minimum atomic E-state index is -3.22. The van der Waals surface area contributed by atoms with Crippen molar-refractivity contribution in [2.45, 2.75) is 28.7 Å². The fourth-order valence-corrected chi connectivity index (χ4v) is 5.34. The second-order valence-corrected chi connectivity index (χ2v) is 13.5. The van der Waals surface area contributed by atoms with Crippen LogP contribution in [0.25, 0.3) is 0 Å². The Morgan fingerprint density at radius 3 is 1.70 bits per heavy atom. The fourth-order valence-electron chi connectivity index (χ4n) is 4.08. The van der Waals surface area contributed by atoms with Crippen LogP contribution < -0.4 is 9.47 Å². The number of morpholine rings is 1. The molecule has 0 bridgehead atoms. The molecule has 0 amide bonds. The summed E-state index contributed by atoms with van der Waals surface area (Å²) in [4.78, 5) is 5.18. The standard InChI is InChI=1S/C26H38N2O7S2/c1-27-16-19-35-24(20-27)21-28(14-4-17-33-22-6-10-25(11-7-22)36(2,29)30)15-5-18-34-23-8-12-26(13-9-23)37(3,31)32/h6-13,24H,4-5,14-21H2,1-3H3/t24-/m1/s1. The van der Waals surface area contributed by atoms with E-state index in [1.807, 2.05) is 0 Å². The first kappa shape index (κ1) is 29.4. The third-order valence-corrected chi connectivity index (χ3v) is 8.34. The Hall–Kier alpha value is -2.18. The molecule has 206 valence electrons. The molecule has 1 atom stereocenters. The van der Waals surface area contributed by atoms with Crippen molar-refractivity contribution < 1.29 is 31.0 Å². The summed E-state index contributed by atoms with van der Waals surface area (Å²) in [6.45, 7) is 6.07. The van der Waals surface area contributed by atoms with E-state index in [0.717, 1.165) is 52.2 Å². The van der Waals surface area contributed by atoms with Crippen LogP contribution in [0.15, 0.2) is 58.3 Å². The van der Waals surface area contributed by atoms with Gasteiger partial charge < -0.3 is 24.0 Å². The summed E-state index contributed by atoms with van der Waals surface area (Å²) in [5.41, 5.74) is 0. The van der Waals surface area contributed by atoms with Gasteiger partial charge in [0.1, 0.15) is 11.5 Å². The molecule has 37 heavy (non-hydrogen) atoms. The lowest BCUT2D eigenvalue weighted by Gasteiger charge is -2.34. The van der Waals surface area contributed by atoms with E-state index in [0.29, 0.717) is 24.7 Å². The lowest BCUT2D eigenvalue weighted by atomic mass is 10.2. The predicted octanol–water partition coefficient (Wildman–Crippen LogP) is 2.36. The highest BCUT2D eigenvalue weighted by atomic mass is 32.2. The van der Waals surface area contributed by atoms with E-state index in [-0.39, 0.29) is 15.9 Å². The molecule has 1 heterocycles. The predicted molar refractivity (Wildman–Crippen MR) is 143 cm³/mol. The summed E-state index contributed by atoms with van der Waals surface area (Å²) in [6, 6.07) is 13.0. The topological polar surface area (TPSA) is 102 Å². The second kappa shape index (κ2) is 13.6. The van der Waals surface area contributed by atoms with Crippen LogP contribution in [0, 0.1) is 0 Å². The summed E-state index contributed by atoms with van der Waals surface area (Å²) in [7, 11) is -4.34. The zero-order valence-electron chi connectivity index (χ0n) is 21.8. The number of hydrogen-bond donors (Lipinski definition) is 0. The highest BCUT2D eigenvalue weighted by Crippen LogP contribution is 2.17. The van der Waals surface area contributed by atoms with E-state index in [4.69, 9.17) is 14.2 Å². The van der Waals surface area contributed by atoms with Crippen LogP contribution in [0.4, 0.5) is 0 Å². The monoisotopic (exact) mass is 554 g/mol. The van der Waals surface area contributed by atoms with Crippen molar-refractivity contribution >= 4 is 19.7 Å². The summed E-state index contributed by atoms with van der Waals surface area (Å²) < 4.78 is 64.0. The van der Waals surface area contributed by atoms with Gasteiger partial charge in [-0.3, -0.25) is 0 Å². The maximum absolute atomic E-state index is 11.6. The van der Waals surface area contributed by atoms with Crippen molar-refractivity contribution in [1.82, 2.24) is 9.80 Å². The quantitative estimate of drug-likeness (QED) is 0.326. The molecule has 1 saturated heterocycles. The van der Waals surface area contributed by atoms with Gasteiger partial charge in [-0.05, 0) is 68.4 Å². The first-order valence-electron chi connectivity index (χ1n) is 12.4. The molecule has 0 radical (unpaired) electrons. The van der Waals surface area contributed by atoms with Crippen LogP contribution in [0.1, 0.15) is 12.8 Å². The Kier molecular flexibility index (Phi) is 10.8. The van der Waals surface area contributed by atoms with Gasteiger partial charge in [0.05, 0.1) is 35.7 Å². The molecule has 0 aromatic heterocycles. The molecular formula is C26H38N2O7S2. The van der Waals surface area contributed by atoms with Crippen LogP contribution in [0.3, 0.4) is 0 Å². The normalized spacial score (nSPS) is 17.1. The number of rotatable bonds is 14. The summed E-state index contributed by atoms with van der Waals surface area (Å²) in [5.74, 6) is 1.29. The number of ether oxygens (including phenoxy) is 3. The first-order chi connectivity index (χ1) is 17.5. The fraction of sp³-hybridized carbons (Fsp3) is 0.538. The van der Waals surface area contributed by atoms with Crippen LogP contribution in [-0.4, -0.2) is 105 Å². The molecule has 1 aliphatic rings. The lowest BCUT2D eigenvalue weighted by molar-refractivity contribution is -0.0364. The van der Waals surface area contributed by atoms with E-state index in [2.05, 4.69) is 16.8 Å². The molecule has 0 saturated carbocycles. The molecule has 2 aromatic rings. The number of sulfone groups is 2. The third kappa shape index (κ3) is 10.2. The summed E-state index contributed by atoms with van der Waals surface area (Å²) in [5, 5.41) is 0. The largest absolute Gasteiger partial charge is 0.494 e. The summed E-state index contributed by atoms with van der Waals surface area (Å²) in [6.07, 6.45) is 4.14. The van der Waals surface area contributed by atoms with Gasteiger partial charge in [-0.25, -0.2) is 16.8 Å². The van der Waals surface area contributed by atoms with Crippen molar-refractivity contribution in [3.63, 3.8) is 0 Å². The molecule has 2 aromatic carbocycles. The Labute approximate surface area is 221 Å². The van der Waals surface area contributed by atoms with E-state index in [9.17, 15) is 16.8 Å². The van der Waals surface area contributed by atoms with Crippen LogP contribution in [-0.2, 0) is 24.4 Å². The SMILES string of the molecule is CN1CCO[C@@H](CN(CCCOc2ccc(S(C)(=O)=O)cc2)CCCOc2ccc(S(C)(=O)=O)cc2)C1. The summed E-state index contributed by atoms with van der Waals surface area (Å²) >= 11 is 0. The van der Waals surface area contributed by atoms with E-state index in [1.54, 1.807) is 48.5 Å².